The van der Waals surface area contributed by atoms with E-state index in [9.17, 15) is 4.79 Å². The molecule has 0 unspecified atom stereocenters. The van der Waals surface area contributed by atoms with Crippen LogP contribution in [0.25, 0.3) is 0 Å². The van der Waals surface area contributed by atoms with Crippen LogP contribution in [0.1, 0.15) is 105 Å². The first-order valence-electron chi connectivity index (χ1n) is 12.5. The third-order valence-corrected chi connectivity index (χ3v) is 6.79. The molecule has 0 bridgehead atoms. The molecule has 0 aliphatic heterocycles. The maximum Gasteiger partial charge on any atom is 0.314 e. The summed E-state index contributed by atoms with van der Waals surface area (Å²) in [5, 5.41) is 0. The normalized spacial score (nSPS) is 21.1. The number of unbranched alkanes of at least 4 members (excludes halogenated alkanes) is 3. The summed E-state index contributed by atoms with van der Waals surface area (Å²) in [5.41, 5.74) is 0. The van der Waals surface area contributed by atoms with Crippen molar-refractivity contribution in [2.45, 2.75) is 111 Å². The summed E-state index contributed by atoms with van der Waals surface area (Å²) in [6, 6.07) is 7.54. The molecular formula is C27H44O3. The van der Waals surface area contributed by atoms with Gasteiger partial charge in [0.25, 0.3) is 0 Å². The molecule has 3 nitrogen and oxygen atoms in total. The van der Waals surface area contributed by atoms with Crippen molar-refractivity contribution >= 4 is 5.97 Å². The van der Waals surface area contributed by atoms with Crippen LogP contribution in [0.3, 0.4) is 0 Å². The molecule has 0 amide bonds. The molecule has 0 radical (unpaired) electrons. The SMILES string of the molecule is CCCCCC[C@@H](C)Oc1ccc(OC(=O)[C@H]2CC[C@H](CC[C@@H](C)CC)CC2)cc1. The third-order valence-electron chi connectivity index (χ3n) is 6.79. The maximum atomic E-state index is 12.6. The molecule has 170 valence electrons. The topological polar surface area (TPSA) is 35.5 Å². The van der Waals surface area contributed by atoms with Crippen molar-refractivity contribution in [3.8, 4) is 11.5 Å². The van der Waals surface area contributed by atoms with Gasteiger partial charge in [-0.2, -0.15) is 0 Å². The van der Waals surface area contributed by atoms with E-state index < -0.39 is 0 Å². The zero-order valence-electron chi connectivity index (χ0n) is 19.8. The first-order chi connectivity index (χ1) is 14.5. The summed E-state index contributed by atoms with van der Waals surface area (Å²) in [6.45, 7) is 8.96. The Labute approximate surface area is 184 Å². The minimum Gasteiger partial charge on any atom is -0.491 e. The Morgan fingerprint density at radius 3 is 2.23 bits per heavy atom. The number of esters is 1. The van der Waals surface area contributed by atoms with Gasteiger partial charge in [-0.25, -0.2) is 0 Å². The number of ether oxygens (including phenoxy) is 2. The zero-order valence-corrected chi connectivity index (χ0v) is 19.8. The van der Waals surface area contributed by atoms with Gasteiger partial charge in [0.15, 0.2) is 0 Å². The minimum absolute atomic E-state index is 0.0592. The molecule has 0 saturated heterocycles. The third kappa shape index (κ3) is 9.10. The van der Waals surface area contributed by atoms with Crippen LogP contribution < -0.4 is 9.47 Å². The lowest BCUT2D eigenvalue weighted by Gasteiger charge is -2.27. The predicted molar refractivity (Wildman–Crippen MR) is 125 cm³/mol. The number of carbonyl (C=O) groups is 1. The molecule has 1 fully saturated rings. The van der Waals surface area contributed by atoms with Crippen molar-refractivity contribution in [3.05, 3.63) is 24.3 Å². The predicted octanol–water partition coefficient (Wildman–Crippen LogP) is 7.96. The monoisotopic (exact) mass is 416 g/mol. The van der Waals surface area contributed by atoms with E-state index in [-0.39, 0.29) is 18.0 Å². The molecule has 1 aliphatic rings. The van der Waals surface area contributed by atoms with Crippen molar-refractivity contribution in [2.75, 3.05) is 0 Å². The van der Waals surface area contributed by atoms with Crippen LogP contribution in [0.5, 0.6) is 11.5 Å². The molecular weight excluding hydrogens is 372 g/mol. The number of benzene rings is 1. The Balaban J connectivity index is 1.69. The molecule has 1 aromatic carbocycles. The molecule has 1 saturated carbocycles. The average Bonchev–Trinajstić information content (AvgIpc) is 2.76. The Morgan fingerprint density at radius 1 is 0.933 bits per heavy atom. The van der Waals surface area contributed by atoms with E-state index in [2.05, 4.69) is 27.7 Å². The van der Waals surface area contributed by atoms with Gasteiger partial charge in [0.05, 0.1) is 12.0 Å². The highest BCUT2D eigenvalue weighted by atomic mass is 16.5. The van der Waals surface area contributed by atoms with E-state index in [4.69, 9.17) is 9.47 Å². The van der Waals surface area contributed by atoms with Crippen molar-refractivity contribution in [3.63, 3.8) is 0 Å². The second-order valence-corrected chi connectivity index (χ2v) is 9.48. The fraction of sp³-hybridized carbons (Fsp3) is 0.741. The summed E-state index contributed by atoms with van der Waals surface area (Å²) in [5.74, 6) is 3.09. The quantitative estimate of drug-likeness (QED) is 0.186. The summed E-state index contributed by atoms with van der Waals surface area (Å²) in [6.07, 6.45) is 14.5. The zero-order chi connectivity index (χ0) is 21.8. The molecule has 1 aliphatic carbocycles. The number of rotatable bonds is 13. The summed E-state index contributed by atoms with van der Waals surface area (Å²) >= 11 is 0. The van der Waals surface area contributed by atoms with Gasteiger partial charge >= 0.3 is 5.97 Å². The lowest BCUT2D eigenvalue weighted by atomic mass is 9.79. The summed E-state index contributed by atoms with van der Waals surface area (Å²) in [4.78, 5) is 12.6. The lowest BCUT2D eigenvalue weighted by molar-refractivity contribution is -0.140. The minimum atomic E-state index is -0.0617. The van der Waals surface area contributed by atoms with Gasteiger partial charge < -0.3 is 9.47 Å². The molecule has 30 heavy (non-hydrogen) atoms. The van der Waals surface area contributed by atoms with Gasteiger partial charge in [-0.3, -0.25) is 4.79 Å². The van der Waals surface area contributed by atoms with Gasteiger partial charge in [-0.15, -0.1) is 0 Å². The van der Waals surface area contributed by atoms with E-state index in [0.717, 1.165) is 36.8 Å². The van der Waals surface area contributed by atoms with Crippen LogP contribution in [-0.2, 0) is 4.79 Å². The molecule has 0 spiro atoms. The molecule has 0 heterocycles. The Hall–Kier alpha value is -1.51. The van der Waals surface area contributed by atoms with Crippen molar-refractivity contribution in [2.24, 2.45) is 17.8 Å². The highest BCUT2D eigenvalue weighted by Crippen LogP contribution is 2.33. The van der Waals surface area contributed by atoms with Crippen molar-refractivity contribution < 1.29 is 14.3 Å². The van der Waals surface area contributed by atoms with E-state index in [1.165, 1.54) is 57.8 Å². The van der Waals surface area contributed by atoms with E-state index in [1.54, 1.807) is 0 Å². The maximum absolute atomic E-state index is 12.6. The number of carbonyl (C=O) groups excluding carboxylic acids is 1. The molecule has 2 atom stereocenters. The van der Waals surface area contributed by atoms with Crippen LogP contribution in [-0.4, -0.2) is 12.1 Å². The first-order valence-corrected chi connectivity index (χ1v) is 12.5. The van der Waals surface area contributed by atoms with Gasteiger partial charge in [-0.05, 0) is 81.5 Å². The summed E-state index contributed by atoms with van der Waals surface area (Å²) in [7, 11) is 0. The van der Waals surface area contributed by atoms with Crippen LogP contribution in [0, 0.1) is 17.8 Å². The van der Waals surface area contributed by atoms with Crippen LogP contribution in [0.15, 0.2) is 24.3 Å². The van der Waals surface area contributed by atoms with E-state index in [1.807, 2.05) is 24.3 Å². The van der Waals surface area contributed by atoms with Crippen LogP contribution in [0.2, 0.25) is 0 Å². The lowest BCUT2D eigenvalue weighted by Crippen LogP contribution is -2.25. The Morgan fingerprint density at radius 2 is 1.60 bits per heavy atom. The molecule has 0 aromatic heterocycles. The Kier molecular flexibility index (Phi) is 11.3. The fourth-order valence-corrected chi connectivity index (χ4v) is 4.35. The largest absolute Gasteiger partial charge is 0.491 e. The van der Waals surface area contributed by atoms with Gasteiger partial charge in [0, 0.05) is 0 Å². The van der Waals surface area contributed by atoms with Gasteiger partial charge in [-0.1, -0.05) is 59.3 Å². The molecule has 2 rings (SSSR count). The summed E-state index contributed by atoms with van der Waals surface area (Å²) < 4.78 is 11.7. The second-order valence-electron chi connectivity index (χ2n) is 9.48. The average molecular weight is 417 g/mol. The van der Waals surface area contributed by atoms with Crippen LogP contribution >= 0.6 is 0 Å². The highest BCUT2D eigenvalue weighted by Gasteiger charge is 2.27. The second kappa shape index (κ2) is 13.7. The first kappa shape index (κ1) is 24.8. The van der Waals surface area contributed by atoms with Gasteiger partial charge in [0.1, 0.15) is 11.5 Å². The smallest absolute Gasteiger partial charge is 0.314 e. The Bertz CT molecular complexity index is 587. The van der Waals surface area contributed by atoms with Crippen molar-refractivity contribution in [1.29, 1.82) is 0 Å². The standard InChI is InChI=1S/C27H44O3/c1-5-7-8-9-10-22(4)29-25-17-19-26(20-18-25)30-27(28)24-15-13-23(14-16-24)12-11-21(3)6-2/h17-24H,5-16H2,1-4H3/t21-,22+,23-,24-/m0/s1. The van der Waals surface area contributed by atoms with Crippen molar-refractivity contribution in [1.82, 2.24) is 0 Å². The molecule has 0 N–H and O–H groups in total. The molecule has 1 aromatic rings. The molecule has 3 heteroatoms. The van der Waals surface area contributed by atoms with E-state index >= 15 is 0 Å². The number of hydrogen-bond acceptors (Lipinski definition) is 3. The number of hydrogen-bond donors (Lipinski definition) is 0. The van der Waals surface area contributed by atoms with Gasteiger partial charge in [0.2, 0.25) is 0 Å². The highest BCUT2D eigenvalue weighted by molar-refractivity contribution is 5.75. The van der Waals surface area contributed by atoms with Crippen LogP contribution in [0.4, 0.5) is 0 Å². The van der Waals surface area contributed by atoms with E-state index in [0.29, 0.717) is 5.75 Å². The fourth-order valence-electron chi connectivity index (χ4n) is 4.35.